The van der Waals surface area contributed by atoms with Crippen molar-refractivity contribution in [2.45, 2.75) is 53.0 Å². The summed E-state index contributed by atoms with van der Waals surface area (Å²) >= 11 is 6.67. The fourth-order valence-corrected chi connectivity index (χ4v) is 6.09. The van der Waals surface area contributed by atoms with E-state index in [1.807, 2.05) is 24.3 Å². The first-order valence-electron chi connectivity index (χ1n) is 10.4. The number of nitrogens with zero attached hydrogens (tertiary/aromatic N) is 1. The number of fused-ring (bicyclic) bond motifs is 2. The van der Waals surface area contributed by atoms with Crippen molar-refractivity contribution in [3.8, 4) is 16.9 Å². The van der Waals surface area contributed by atoms with E-state index in [0.717, 1.165) is 42.5 Å². The molecule has 4 heteroatoms. The highest BCUT2D eigenvalue weighted by Gasteiger charge is 2.51. The monoisotopic (exact) mass is 411 g/mol. The number of rotatable bonds is 3. The Morgan fingerprint density at radius 2 is 1.86 bits per heavy atom. The molecule has 154 valence electrons. The van der Waals surface area contributed by atoms with E-state index in [9.17, 15) is 4.79 Å². The number of amides is 1. The molecular formula is C25H30ClNO2. The van der Waals surface area contributed by atoms with Gasteiger partial charge >= 0.3 is 0 Å². The normalized spacial score (nSPS) is 25.2. The van der Waals surface area contributed by atoms with Crippen LogP contribution in [0.2, 0.25) is 5.02 Å². The number of carbonyl (C=O) groups is 1. The zero-order valence-corrected chi connectivity index (χ0v) is 18.8. The van der Waals surface area contributed by atoms with Gasteiger partial charge in [-0.15, -0.1) is 0 Å². The van der Waals surface area contributed by atoms with E-state index in [-0.39, 0.29) is 22.8 Å². The third-order valence-corrected chi connectivity index (χ3v) is 6.94. The van der Waals surface area contributed by atoms with Crippen molar-refractivity contribution in [3.63, 3.8) is 0 Å². The Balaban J connectivity index is 1.72. The van der Waals surface area contributed by atoms with Gasteiger partial charge in [0.15, 0.2) is 0 Å². The molecule has 29 heavy (non-hydrogen) atoms. The first-order valence-corrected chi connectivity index (χ1v) is 10.7. The fourth-order valence-electron chi connectivity index (χ4n) is 5.82. The number of halogens is 1. The number of ether oxygens (including phenoxy) is 1. The summed E-state index contributed by atoms with van der Waals surface area (Å²) < 4.78 is 5.65. The summed E-state index contributed by atoms with van der Waals surface area (Å²) in [5.74, 6) is 0.620. The molecular weight excluding hydrogens is 382 g/mol. The molecule has 1 aliphatic carbocycles. The van der Waals surface area contributed by atoms with Crippen LogP contribution in [0.25, 0.3) is 11.1 Å². The lowest BCUT2D eigenvalue weighted by molar-refractivity contribution is 0.0705. The molecule has 2 fully saturated rings. The van der Waals surface area contributed by atoms with Gasteiger partial charge in [-0.3, -0.25) is 4.79 Å². The summed E-state index contributed by atoms with van der Waals surface area (Å²) in [7, 11) is 1.62. The van der Waals surface area contributed by atoms with Crippen LogP contribution in [-0.2, 0) is 0 Å². The van der Waals surface area contributed by atoms with E-state index >= 15 is 0 Å². The molecule has 2 aliphatic rings. The minimum absolute atomic E-state index is 0.0338. The van der Waals surface area contributed by atoms with Gasteiger partial charge in [-0.2, -0.15) is 0 Å². The van der Waals surface area contributed by atoms with E-state index in [4.69, 9.17) is 16.3 Å². The van der Waals surface area contributed by atoms with Crippen LogP contribution in [0.4, 0.5) is 0 Å². The van der Waals surface area contributed by atoms with E-state index in [1.54, 1.807) is 13.2 Å². The molecule has 1 saturated carbocycles. The van der Waals surface area contributed by atoms with Crippen molar-refractivity contribution < 1.29 is 9.53 Å². The molecule has 2 atom stereocenters. The van der Waals surface area contributed by atoms with Crippen molar-refractivity contribution in [1.82, 2.24) is 4.90 Å². The van der Waals surface area contributed by atoms with E-state index in [0.29, 0.717) is 16.3 Å². The van der Waals surface area contributed by atoms with Crippen LogP contribution in [0, 0.1) is 17.8 Å². The SMILES string of the molecule is COc1cc(-c2ccccc2C)c(Cl)cc1C(=O)N1C[C@@]2(C)C[C@@H]1CC(C)(C)C2. The maximum Gasteiger partial charge on any atom is 0.257 e. The number of hydrogen-bond donors (Lipinski definition) is 0. The molecule has 2 aromatic rings. The summed E-state index contributed by atoms with van der Waals surface area (Å²) in [5.41, 5.74) is 4.11. The van der Waals surface area contributed by atoms with Crippen LogP contribution in [0.15, 0.2) is 36.4 Å². The summed E-state index contributed by atoms with van der Waals surface area (Å²) in [6.07, 6.45) is 3.29. The van der Waals surface area contributed by atoms with Crippen molar-refractivity contribution >= 4 is 17.5 Å². The molecule has 2 bridgehead atoms. The summed E-state index contributed by atoms with van der Waals surface area (Å²) in [4.78, 5) is 15.6. The number of methoxy groups -OCH3 is 1. The molecule has 1 heterocycles. The van der Waals surface area contributed by atoms with Gasteiger partial charge in [-0.1, -0.05) is 56.6 Å². The maximum absolute atomic E-state index is 13.6. The van der Waals surface area contributed by atoms with Gasteiger partial charge in [0.1, 0.15) is 5.75 Å². The Bertz CT molecular complexity index is 967. The number of carbonyl (C=O) groups excluding carboxylic acids is 1. The molecule has 0 radical (unpaired) electrons. The molecule has 1 aliphatic heterocycles. The maximum atomic E-state index is 13.6. The Labute approximate surface area is 179 Å². The Morgan fingerprint density at radius 1 is 1.14 bits per heavy atom. The van der Waals surface area contributed by atoms with Crippen molar-refractivity contribution in [2.24, 2.45) is 10.8 Å². The van der Waals surface area contributed by atoms with Gasteiger partial charge in [0, 0.05) is 23.2 Å². The lowest BCUT2D eigenvalue weighted by Gasteiger charge is -2.39. The minimum Gasteiger partial charge on any atom is -0.496 e. The predicted molar refractivity (Wildman–Crippen MR) is 119 cm³/mol. The molecule has 4 rings (SSSR count). The second kappa shape index (κ2) is 7.05. The molecule has 0 unspecified atom stereocenters. The lowest BCUT2D eigenvalue weighted by Crippen LogP contribution is -2.37. The van der Waals surface area contributed by atoms with E-state index in [1.165, 1.54) is 0 Å². The fraction of sp³-hybridized carbons (Fsp3) is 0.480. The largest absolute Gasteiger partial charge is 0.496 e. The van der Waals surface area contributed by atoms with Crippen molar-refractivity contribution in [1.29, 1.82) is 0 Å². The van der Waals surface area contributed by atoms with Gasteiger partial charge < -0.3 is 9.64 Å². The summed E-state index contributed by atoms with van der Waals surface area (Å²) in [6.45, 7) is 9.82. The van der Waals surface area contributed by atoms with Crippen LogP contribution in [0.3, 0.4) is 0 Å². The molecule has 0 aromatic heterocycles. The summed E-state index contributed by atoms with van der Waals surface area (Å²) in [5, 5.41) is 0.581. The first kappa shape index (κ1) is 20.3. The minimum atomic E-state index is 0.0338. The van der Waals surface area contributed by atoms with Gasteiger partial charge in [0.2, 0.25) is 0 Å². The predicted octanol–water partition coefficient (Wildman–Crippen LogP) is 6.36. The van der Waals surface area contributed by atoms with Gasteiger partial charge in [-0.25, -0.2) is 0 Å². The van der Waals surface area contributed by atoms with E-state index < -0.39 is 0 Å². The highest BCUT2D eigenvalue weighted by molar-refractivity contribution is 6.34. The Hall–Kier alpha value is -2.00. The molecule has 0 N–H and O–H groups in total. The summed E-state index contributed by atoms with van der Waals surface area (Å²) in [6, 6.07) is 12.1. The van der Waals surface area contributed by atoms with Crippen LogP contribution in [0.1, 0.15) is 56.0 Å². The Kier molecular flexibility index (Phi) is 4.93. The van der Waals surface area contributed by atoms with Crippen molar-refractivity contribution in [3.05, 3.63) is 52.5 Å². The first-order chi connectivity index (χ1) is 13.6. The zero-order chi connectivity index (χ0) is 21.0. The van der Waals surface area contributed by atoms with Gasteiger partial charge in [-0.05, 0) is 60.3 Å². The van der Waals surface area contributed by atoms with Gasteiger partial charge in [0.05, 0.1) is 12.7 Å². The molecule has 3 nitrogen and oxygen atoms in total. The molecule has 0 spiro atoms. The average molecular weight is 412 g/mol. The Morgan fingerprint density at radius 3 is 2.55 bits per heavy atom. The van der Waals surface area contributed by atoms with Crippen LogP contribution < -0.4 is 4.74 Å². The third kappa shape index (κ3) is 3.66. The van der Waals surface area contributed by atoms with Crippen LogP contribution in [0.5, 0.6) is 5.75 Å². The second-order valence-electron chi connectivity index (χ2n) is 9.99. The van der Waals surface area contributed by atoms with E-state index in [2.05, 4.69) is 38.7 Å². The zero-order valence-electron chi connectivity index (χ0n) is 18.0. The second-order valence-corrected chi connectivity index (χ2v) is 10.4. The molecule has 2 aromatic carbocycles. The van der Waals surface area contributed by atoms with Gasteiger partial charge in [0.25, 0.3) is 5.91 Å². The highest BCUT2D eigenvalue weighted by atomic mass is 35.5. The number of hydrogen-bond acceptors (Lipinski definition) is 2. The number of benzene rings is 2. The molecule has 1 saturated heterocycles. The topological polar surface area (TPSA) is 29.5 Å². The standard InChI is InChI=1S/C25H30ClNO2/c1-16-8-6-7-9-18(16)19-11-22(29-5)20(10-21(19)26)23(28)27-15-25(4)13-17(27)12-24(2,3)14-25/h6-11,17H,12-15H2,1-5H3/t17-,25-/m0/s1. The highest BCUT2D eigenvalue weighted by Crippen LogP contribution is 2.53. The van der Waals surface area contributed by atoms with Crippen LogP contribution in [-0.4, -0.2) is 30.5 Å². The quantitative estimate of drug-likeness (QED) is 0.587. The van der Waals surface area contributed by atoms with Crippen LogP contribution >= 0.6 is 11.6 Å². The smallest absolute Gasteiger partial charge is 0.257 e. The lowest BCUT2D eigenvalue weighted by atomic mass is 9.65. The number of likely N-dealkylation sites (tertiary alicyclic amines) is 1. The average Bonchev–Trinajstić information content (AvgIpc) is 2.90. The third-order valence-electron chi connectivity index (χ3n) is 6.63. The van der Waals surface area contributed by atoms with Crippen molar-refractivity contribution in [2.75, 3.05) is 13.7 Å². The number of aryl methyl sites for hydroxylation is 1. The molecule has 1 amide bonds.